The minimum Gasteiger partial charge on any atom is -0.384 e. The van der Waals surface area contributed by atoms with Crippen molar-refractivity contribution in [2.24, 2.45) is 13.0 Å². The number of nitrogens with zero attached hydrogens (tertiary/aromatic N) is 3. The van der Waals surface area contributed by atoms with E-state index in [9.17, 15) is 8.42 Å². The average molecular weight is 299 g/mol. The molecule has 1 spiro atoms. The summed E-state index contributed by atoms with van der Waals surface area (Å²) in [4.78, 5) is 2.18. The third-order valence-electron chi connectivity index (χ3n) is 4.61. The Morgan fingerprint density at radius 3 is 2.85 bits per heavy atom. The maximum Gasteiger partial charge on any atom is 0.158 e. The van der Waals surface area contributed by atoms with Gasteiger partial charge in [-0.15, -0.1) is 0 Å². The molecule has 2 fully saturated rings. The summed E-state index contributed by atoms with van der Waals surface area (Å²) < 4.78 is 31.1. The first-order valence-electron chi connectivity index (χ1n) is 6.88. The van der Waals surface area contributed by atoms with Crippen LogP contribution in [-0.2, 0) is 28.2 Å². The van der Waals surface area contributed by atoms with Crippen LogP contribution in [0.2, 0.25) is 0 Å². The van der Waals surface area contributed by atoms with Gasteiger partial charge in [0.25, 0.3) is 0 Å². The van der Waals surface area contributed by atoms with Gasteiger partial charge in [0, 0.05) is 51.5 Å². The molecule has 0 aromatic carbocycles. The SMILES string of the molecule is COCC1CCS(=O)(=O)C12CN(Cc1cnn(C)c1)C2. The van der Waals surface area contributed by atoms with Gasteiger partial charge in [0.15, 0.2) is 9.84 Å². The van der Waals surface area contributed by atoms with Crippen LogP contribution in [0, 0.1) is 5.92 Å². The van der Waals surface area contributed by atoms with Crippen molar-refractivity contribution in [1.29, 1.82) is 0 Å². The van der Waals surface area contributed by atoms with Gasteiger partial charge in [-0.2, -0.15) is 5.10 Å². The second-order valence-corrected chi connectivity index (χ2v) is 8.44. The van der Waals surface area contributed by atoms with Crippen molar-refractivity contribution in [3.63, 3.8) is 0 Å². The van der Waals surface area contributed by atoms with Gasteiger partial charge >= 0.3 is 0 Å². The molecule has 2 aliphatic heterocycles. The normalized spacial score (nSPS) is 27.8. The van der Waals surface area contributed by atoms with Crippen LogP contribution in [0.3, 0.4) is 0 Å². The van der Waals surface area contributed by atoms with Gasteiger partial charge in [-0.25, -0.2) is 8.42 Å². The first-order chi connectivity index (χ1) is 9.47. The number of aromatic nitrogens is 2. The van der Waals surface area contributed by atoms with E-state index in [2.05, 4.69) is 10.00 Å². The molecule has 2 aliphatic rings. The predicted molar refractivity (Wildman–Crippen MR) is 75.0 cm³/mol. The lowest BCUT2D eigenvalue weighted by atomic mass is 9.83. The molecule has 1 atom stereocenters. The zero-order valence-corrected chi connectivity index (χ0v) is 12.8. The van der Waals surface area contributed by atoms with E-state index in [1.54, 1.807) is 11.8 Å². The van der Waals surface area contributed by atoms with E-state index < -0.39 is 14.6 Å². The number of hydrogen-bond donors (Lipinski definition) is 0. The summed E-state index contributed by atoms with van der Waals surface area (Å²) >= 11 is 0. The van der Waals surface area contributed by atoms with E-state index in [0.717, 1.165) is 18.5 Å². The van der Waals surface area contributed by atoms with Crippen molar-refractivity contribution < 1.29 is 13.2 Å². The Balaban J connectivity index is 1.69. The molecule has 1 aromatic rings. The van der Waals surface area contributed by atoms with Gasteiger partial charge in [0.05, 0.1) is 18.6 Å². The van der Waals surface area contributed by atoms with Crippen LogP contribution in [0.5, 0.6) is 0 Å². The quantitative estimate of drug-likeness (QED) is 0.786. The average Bonchev–Trinajstić information content (AvgIpc) is 2.84. The van der Waals surface area contributed by atoms with Crippen molar-refractivity contribution in [3.8, 4) is 0 Å². The van der Waals surface area contributed by atoms with Crippen LogP contribution < -0.4 is 0 Å². The second kappa shape index (κ2) is 4.82. The number of ether oxygens (including phenoxy) is 1. The number of methoxy groups -OCH3 is 1. The molecule has 3 heterocycles. The number of likely N-dealkylation sites (tertiary alicyclic amines) is 1. The molecule has 1 aromatic heterocycles. The van der Waals surface area contributed by atoms with Crippen molar-refractivity contribution in [2.45, 2.75) is 17.7 Å². The Bertz CT molecular complexity index is 590. The monoisotopic (exact) mass is 299 g/mol. The molecule has 1 unspecified atom stereocenters. The first-order valence-corrected chi connectivity index (χ1v) is 8.53. The van der Waals surface area contributed by atoms with E-state index in [1.165, 1.54) is 0 Å². The fourth-order valence-corrected chi connectivity index (χ4v) is 6.00. The second-order valence-electron chi connectivity index (χ2n) is 5.99. The van der Waals surface area contributed by atoms with Gasteiger partial charge in [0.1, 0.15) is 4.75 Å². The van der Waals surface area contributed by atoms with E-state index in [1.807, 2.05) is 19.4 Å². The topological polar surface area (TPSA) is 64.4 Å². The summed E-state index contributed by atoms with van der Waals surface area (Å²) in [5.41, 5.74) is 1.13. The van der Waals surface area contributed by atoms with Gasteiger partial charge < -0.3 is 4.74 Å². The number of rotatable bonds is 4. The highest BCUT2D eigenvalue weighted by Crippen LogP contribution is 2.45. The summed E-state index contributed by atoms with van der Waals surface area (Å²) in [6, 6.07) is 0. The largest absolute Gasteiger partial charge is 0.384 e. The van der Waals surface area contributed by atoms with Crippen LogP contribution in [-0.4, -0.2) is 60.4 Å². The Labute approximate surface area is 119 Å². The number of hydrogen-bond acceptors (Lipinski definition) is 5. The zero-order valence-electron chi connectivity index (χ0n) is 11.9. The third kappa shape index (κ3) is 2.08. The van der Waals surface area contributed by atoms with Crippen molar-refractivity contribution in [2.75, 3.05) is 32.6 Å². The zero-order chi connectivity index (χ0) is 14.4. The highest BCUT2D eigenvalue weighted by atomic mass is 32.2. The smallest absolute Gasteiger partial charge is 0.158 e. The Hall–Kier alpha value is -0.920. The van der Waals surface area contributed by atoms with Crippen LogP contribution in [0.25, 0.3) is 0 Å². The lowest BCUT2D eigenvalue weighted by Crippen LogP contribution is -2.67. The summed E-state index contributed by atoms with van der Waals surface area (Å²) in [6.45, 7) is 2.56. The lowest BCUT2D eigenvalue weighted by Gasteiger charge is -2.49. The molecule has 0 radical (unpaired) electrons. The molecule has 7 heteroatoms. The molecule has 0 aliphatic carbocycles. The molecule has 6 nitrogen and oxygen atoms in total. The summed E-state index contributed by atoms with van der Waals surface area (Å²) in [6.07, 6.45) is 4.54. The van der Waals surface area contributed by atoms with E-state index >= 15 is 0 Å². The Kier molecular flexibility index (Phi) is 3.38. The maximum absolute atomic E-state index is 12.4. The van der Waals surface area contributed by atoms with E-state index in [0.29, 0.717) is 25.4 Å². The van der Waals surface area contributed by atoms with Crippen LogP contribution in [0.1, 0.15) is 12.0 Å². The van der Waals surface area contributed by atoms with E-state index in [-0.39, 0.29) is 5.92 Å². The number of sulfone groups is 1. The molecule has 0 amide bonds. The van der Waals surface area contributed by atoms with Gasteiger partial charge in [-0.1, -0.05) is 0 Å². The molecule has 0 saturated carbocycles. The molecular formula is C13H21N3O3S. The van der Waals surface area contributed by atoms with Crippen LogP contribution >= 0.6 is 0 Å². The highest BCUT2D eigenvalue weighted by Gasteiger charge is 2.61. The minimum atomic E-state index is -2.98. The van der Waals surface area contributed by atoms with Crippen molar-refractivity contribution in [1.82, 2.24) is 14.7 Å². The first kappa shape index (κ1) is 14.0. The lowest BCUT2D eigenvalue weighted by molar-refractivity contribution is 0.0411. The summed E-state index contributed by atoms with van der Waals surface area (Å²) in [5, 5.41) is 4.14. The minimum absolute atomic E-state index is 0.141. The third-order valence-corrected chi connectivity index (χ3v) is 7.22. The Morgan fingerprint density at radius 1 is 1.50 bits per heavy atom. The molecule has 3 rings (SSSR count). The van der Waals surface area contributed by atoms with Gasteiger partial charge in [0.2, 0.25) is 0 Å². The summed E-state index contributed by atoms with van der Waals surface area (Å²) in [5.74, 6) is 0.449. The van der Waals surface area contributed by atoms with Gasteiger partial charge in [-0.05, 0) is 6.42 Å². The molecule has 2 saturated heterocycles. The molecular weight excluding hydrogens is 278 g/mol. The standard InChI is InChI=1S/C13H21N3O3S/c1-15-6-11(5-14-15)7-16-9-13(10-16)12(8-19-2)3-4-20(13,17)18/h5-6,12H,3-4,7-10H2,1-2H3. The van der Waals surface area contributed by atoms with Gasteiger partial charge in [-0.3, -0.25) is 9.58 Å². The maximum atomic E-state index is 12.4. The molecule has 0 bridgehead atoms. The Morgan fingerprint density at radius 2 is 2.25 bits per heavy atom. The molecule has 112 valence electrons. The molecule has 0 N–H and O–H groups in total. The van der Waals surface area contributed by atoms with Crippen LogP contribution in [0.4, 0.5) is 0 Å². The number of aryl methyl sites for hydroxylation is 1. The van der Waals surface area contributed by atoms with E-state index in [4.69, 9.17) is 4.74 Å². The van der Waals surface area contributed by atoms with Crippen molar-refractivity contribution >= 4 is 9.84 Å². The fourth-order valence-electron chi connectivity index (χ4n) is 3.54. The highest BCUT2D eigenvalue weighted by molar-refractivity contribution is 7.93. The van der Waals surface area contributed by atoms with Crippen LogP contribution in [0.15, 0.2) is 12.4 Å². The summed E-state index contributed by atoms with van der Waals surface area (Å²) in [7, 11) is 0.546. The predicted octanol–water partition coefficient (Wildman–Crippen LogP) is 0.0556. The van der Waals surface area contributed by atoms with Crippen molar-refractivity contribution in [3.05, 3.63) is 18.0 Å². The fraction of sp³-hybridized carbons (Fsp3) is 0.769. The molecule has 20 heavy (non-hydrogen) atoms.